The predicted octanol–water partition coefficient (Wildman–Crippen LogP) is 4.94. The summed E-state index contributed by atoms with van der Waals surface area (Å²) in [5, 5.41) is 7.39. The molecule has 170 valence electrons. The fourth-order valence-electron chi connectivity index (χ4n) is 3.34. The second kappa shape index (κ2) is 10.6. The molecule has 0 radical (unpaired) electrons. The number of nitrogens with zero attached hydrogens (tertiary/aromatic N) is 3. The van der Waals surface area contributed by atoms with Gasteiger partial charge in [-0.3, -0.25) is 14.3 Å². The number of aromatic nitrogens is 2. The molecule has 0 atom stereocenters. The molecule has 0 bridgehead atoms. The monoisotopic (exact) mass is 426 g/mol. The maximum Gasteiger partial charge on any atom is 0.254 e. The third kappa shape index (κ3) is 6.94. The van der Waals surface area contributed by atoms with Crippen molar-refractivity contribution in [3.8, 4) is 0 Å². The van der Waals surface area contributed by atoms with E-state index in [2.05, 4.69) is 38.1 Å². The summed E-state index contributed by atoms with van der Waals surface area (Å²) in [4.78, 5) is 27.4. The highest BCUT2D eigenvalue weighted by Gasteiger charge is 2.23. The number of carbonyl (C=O) groups is 2. The van der Waals surface area contributed by atoms with Gasteiger partial charge in [-0.25, -0.2) is 0 Å². The molecule has 0 unspecified atom stereocenters. The summed E-state index contributed by atoms with van der Waals surface area (Å²) in [6.45, 7) is 12.3. The van der Waals surface area contributed by atoms with Crippen LogP contribution < -0.4 is 5.32 Å². The van der Waals surface area contributed by atoms with Crippen molar-refractivity contribution in [3.05, 3.63) is 47.2 Å². The van der Waals surface area contributed by atoms with Crippen LogP contribution in [0.2, 0.25) is 0 Å². The van der Waals surface area contributed by atoms with Gasteiger partial charge in [-0.2, -0.15) is 5.10 Å². The average molecular weight is 427 g/mol. The van der Waals surface area contributed by atoms with Gasteiger partial charge in [-0.1, -0.05) is 52.7 Å². The van der Waals surface area contributed by atoms with Crippen LogP contribution in [0.25, 0.3) is 0 Å². The van der Waals surface area contributed by atoms with Crippen LogP contribution in [0.4, 0.5) is 5.82 Å². The number of hydrogen-bond acceptors (Lipinski definition) is 3. The maximum atomic E-state index is 13.1. The molecule has 1 N–H and O–H groups in total. The summed E-state index contributed by atoms with van der Waals surface area (Å²) in [5.41, 5.74) is 2.64. The summed E-state index contributed by atoms with van der Waals surface area (Å²) < 4.78 is 1.66. The van der Waals surface area contributed by atoms with Gasteiger partial charge in [-0.05, 0) is 44.4 Å². The van der Waals surface area contributed by atoms with E-state index in [1.54, 1.807) is 16.6 Å². The molecular weight excluding hydrogens is 388 g/mol. The molecule has 6 nitrogen and oxygen atoms in total. The first-order valence-electron chi connectivity index (χ1n) is 11.3. The summed E-state index contributed by atoms with van der Waals surface area (Å²) in [5.74, 6) is 0.259. The highest BCUT2D eigenvalue weighted by Crippen LogP contribution is 2.23. The Bertz CT molecular complexity index is 876. The first-order chi connectivity index (χ1) is 14.5. The number of anilines is 1. The Hall–Kier alpha value is -2.63. The first-order valence-corrected chi connectivity index (χ1v) is 11.3. The third-order valence-electron chi connectivity index (χ3n) is 5.38. The molecule has 6 heteroatoms. The number of aryl methyl sites for hydroxylation is 2. The number of rotatable bonds is 9. The molecule has 0 fully saturated rings. The lowest BCUT2D eigenvalue weighted by Gasteiger charge is -2.26. The quantitative estimate of drug-likeness (QED) is 0.578. The van der Waals surface area contributed by atoms with Crippen molar-refractivity contribution in [1.29, 1.82) is 0 Å². The molecule has 0 aliphatic heterocycles. The van der Waals surface area contributed by atoms with Crippen LogP contribution in [0, 0.1) is 0 Å². The largest absolute Gasteiger partial charge is 0.327 e. The number of benzene rings is 1. The number of amides is 2. The molecule has 0 saturated heterocycles. The number of carbonyl (C=O) groups excluding carboxylic acids is 2. The van der Waals surface area contributed by atoms with Gasteiger partial charge in [-0.15, -0.1) is 0 Å². The topological polar surface area (TPSA) is 67.2 Å². The Morgan fingerprint density at radius 1 is 1.13 bits per heavy atom. The first kappa shape index (κ1) is 24.6. The van der Waals surface area contributed by atoms with E-state index in [1.807, 2.05) is 44.2 Å². The summed E-state index contributed by atoms with van der Waals surface area (Å²) in [6, 6.07) is 9.56. The van der Waals surface area contributed by atoms with Gasteiger partial charge in [0, 0.05) is 30.1 Å². The van der Waals surface area contributed by atoms with Crippen LogP contribution in [0.1, 0.15) is 82.4 Å². The van der Waals surface area contributed by atoms with Crippen molar-refractivity contribution in [2.45, 2.75) is 78.7 Å². The Morgan fingerprint density at radius 2 is 1.77 bits per heavy atom. The van der Waals surface area contributed by atoms with Crippen molar-refractivity contribution in [1.82, 2.24) is 14.7 Å². The van der Waals surface area contributed by atoms with Crippen LogP contribution in [-0.4, -0.2) is 39.1 Å². The standard InChI is InChI=1S/C25H38N4O2/c1-8-9-10-11-19-12-14-20(15-13-19)24(31)29(18(2)3)17-23(30)26-22-16-21(25(4,5)6)27-28(22)7/h12-16,18H,8-11,17H2,1-7H3,(H,26,30). The minimum Gasteiger partial charge on any atom is -0.327 e. The summed E-state index contributed by atoms with van der Waals surface area (Å²) in [6.07, 6.45) is 4.59. The van der Waals surface area contributed by atoms with Gasteiger partial charge in [0.15, 0.2) is 0 Å². The zero-order valence-electron chi connectivity index (χ0n) is 20.2. The highest BCUT2D eigenvalue weighted by molar-refractivity contribution is 5.99. The van der Waals surface area contributed by atoms with Crippen LogP contribution >= 0.6 is 0 Å². The van der Waals surface area contributed by atoms with Gasteiger partial charge in [0.2, 0.25) is 5.91 Å². The number of hydrogen-bond donors (Lipinski definition) is 1. The van der Waals surface area contributed by atoms with Gasteiger partial charge < -0.3 is 10.2 Å². The van der Waals surface area contributed by atoms with E-state index < -0.39 is 0 Å². The third-order valence-corrected chi connectivity index (χ3v) is 5.38. The molecule has 0 aliphatic carbocycles. The van der Waals surface area contributed by atoms with Crippen LogP contribution in [-0.2, 0) is 23.7 Å². The van der Waals surface area contributed by atoms with Crippen LogP contribution in [0.15, 0.2) is 30.3 Å². The van der Waals surface area contributed by atoms with Gasteiger partial charge in [0.1, 0.15) is 12.4 Å². The van der Waals surface area contributed by atoms with Crippen LogP contribution in [0.5, 0.6) is 0 Å². The van der Waals surface area contributed by atoms with Crippen molar-refractivity contribution < 1.29 is 9.59 Å². The lowest BCUT2D eigenvalue weighted by Crippen LogP contribution is -2.42. The molecule has 1 aromatic carbocycles. The number of nitrogens with one attached hydrogen (secondary N) is 1. The Morgan fingerprint density at radius 3 is 2.29 bits per heavy atom. The predicted molar refractivity (Wildman–Crippen MR) is 126 cm³/mol. The fourth-order valence-corrected chi connectivity index (χ4v) is 3.34. The smallest absolute Gasteiger partial charge is 0.254 e. The maximum absolute atomic E-state index is 13.1. The minimum absolute atomic E-state index is 0.00914. The minimum atomic E-state index is -0.235. The molecule has 0 saturated carbocycles. The van der Waals surface area contributed by atoms with E-state index in [-0.39, 0.29) is 29.8 Å². The van der Waals surface area contributed by atoms with E-state index in [9.17, 15) is 9.59 Å². The van der Waals surface area contributed by atoms with Crippen molar-refractivity contribution in [2.24, 2.45) is 7.05 Å². The zero-order valence-corrected chi connectivity index (χ0v) is 20.2. The second-order valence-corrected chi connectivity index (χ2v) is 9.52. The SMILES string of the molecule is CCCCCc1ccc(C(=O)N(CC(=O)Nc2cc(C(C)(C)C)nn2C)C(C)C)cc1. The molecule has 0 spiro atoms. The fraction of sp³-hybridized carbons (Fsp3) is 0.560. The molecule has 1 heterocycles. The van der Waals surface area contributed by atoms with Crippen molar-refractivity contribution in [2.75, 3.05) is 11.9 Å². The summed E-state index contributed by atoms with van der Waals surface area (Å²) in [7, 11) is 1.80. The normalized spacial score (nSPS) is 11.6. The highest BCUT2D eigenvalue weighted by atomic mass is 16.2. The number of unbranched alkanes of at least 4 members (excludes halogenated alkanes) is 2. The average Bonchev–Trinajstić information content (AvgIpc) is 3.07. The van der Waals surface area contributed by atoms with E-state index in [0.717, 1.165) is 18.5 Å². The Labute approximate surface area is 187 Å². The van der Waals surface area contributed by atoms with E-state index in [0.29, 0.717) is 11.4 Å². The van der Waals surface area contributed by atoms with Crippen LogP contribution in [0.3, 0.4) is 0 Å². The zero-order chi connectivity index (χ0) is 23.2. The van der Waals surface area contributed by atoms with Crippen molar-refractivity contribution in [3.63, 3.8) is 0 Å². The van der Waals surface area contributed by atoms with Gasteiger partial charge in [0.05, 0.1) is 5.69 Å². The van der Waals surface area contributed by atoms with E-state index in [4.69, 9.17) is 0 Å². The molecule has 2 aromatic rings. The molecular formula is C25H38N4O2. The van der Waals surface area contributed by atoms with Crippen molar-refractivity contribution >= 4 is 17.6 Å². The molecule has 0 aliphatic rings. The van der Waals surface area contributed by atoms with Gasteiger partial charge >= 0.3 is 0 Å². The lowest BCUT2D eigenvalue weighted by atomic mass is 9.92. The molecule has 2 rings (SSSR count). The summed E-state index contributed by atoms with van der Waals surface area (Å²) >= 11 is 0. The van der Waals surface area contributed by atoms with Gasteiger partial charge in [0.25, 0.3) is 5.91 Å². The molecule has 31 heavy (non-hydrogen) atoms. The lowest BCUT2D eigenvalue weighted by molar-refractivity contribution is -0.117. The molecule has 2 amide bonds. The second-order valence-electron chi connectivity index (χ2n) is 9.52. The van der Waals surface area contributed by atoms with E-state index in [1.165, 1.54) is 18.4 Å². The Kier molecular flexibility index (Phi) is 8.43. The molecule has 1 aromatic heterocycles. The Balaban J connectivity index is 2.06. The van der Waals surface area contributed by atoms with E-state index >= 15 is 0 Å².